The van der Waals surface area contributed by atoms with Crippen LogP contribution in [0.1, 0.15) is 38.3 Å². The Morgan fingerprint density at radius 3 is 2.56 bits per heavy atom. The number of hydrogen-bond donors (Lipinski definition) is 1. The fraction of sp³-hybridized carbons (Fsp3) is 0.533. The summed E-state index contributed by atoms with van der Waals surface area (Å²) in [6.45, 7) is 9.90. The highest BCUT2D eigenvalue weighted by Crippen LogP contribution is 2.22. The highest BCUT2D eigenvalue weighted by atomic mass is 16.5. The summed E-state index contributed by atoms with van der Waals surface area (Å²) in [5.74, 6) is 0.745. The number of carbonyl (C=O) groups excluding carboxylic acids is 1. The Morgan fingerprint density at radius 2 is 2.00 bits per heavy atom. The molecule has 1 atom stereocenters. The van der Waals surface area contributed by atoms with Crippen molar-refractivity contribution >= 4 is 5.91 Å². The third-order valence-electron chi connectivity index (χ3n) is 2.92. The molecule has 3 nitrogen and oxygen atoms in total. The van der Waals surface area contributed by atoms with Crippen molar-refractivity contribution in [3.8, 4) is 5.75 Å². The molecule has 0 aliphatic heterocycles. The lowest BCUT2D eigenvalue weighted by atomic mass is 10.1. The first-order valence-electron chi connectivity index (χ1n) is 6.49. The van der Waals surface area contributed by atoms with E-state index in [-0.39, 0.29) is 11.9 Å². The Kier molecular flexibility index (Phi) is 5.20. The van der Waals surface area contributed by atoms with Crippen molar-refractivity contribution < 1.29 is 9.53 Å². The molecule has 0 fully saturated rings. The highest BCUT2D eigenvalue weighted by Gasteiger charge is 2.19. The number of ether oxygens (including phenoxy) is 1. The van der Waals surface area contributed by atoms with Gasteiger partial charge in [-0.05, 0) is 51.3 Å². The molecule has 0 aromatic heterocycles. The van der Waals surface area contributed by atoms with Gasteiger partial charge in [0.15, 0.2) is 6.10 Å². The Morgan fingerprint density at radius 1 is 1.33 bits per heavy atom. The van der Waals surface area contributed by atoms with E-state index in [0.29, 0.717) is 6.42 Å². The van der Waals surface area contributed by atoms with E-state index in [1.165, 1.54) is 5.56 Å². The monoisotopic (exact) mass is 249 g/mol. The molecule has 1 rings (SSSR count). The van der Waals surface area contributed by atoms with Crippen molar-refractivity contribution in [3.05, 3.63) is 29.3 Å². The second kappa shape index (κ2) is 6.43. The van der Waals surface area contributed by atoms with Crippen LogP contribution in [0.2, 0.25) is 0 Å². The number of carbonyl (C=O) groups is 1. The molecule has 0 heterocycles. The highest BCUT2D eigenvalue weighted by molar-refractivity contribution is 5.81. The lowest BCUT2D eigenvalue weighted by Crippen LogP contribution is -2.41. The summed E-state index contributed by atoms with van der Waals surface area (Å²) in [6, 6.07) is 6.03. The zero-order chi connectivity index (χ0) is 13.7. The van der Waals surface area contributed by atoms with Crippen LogP contribution in [-0.4, -0.2) is 18.1 Å². The van der Waals surface area contributed by atoms with Crippen LogP contribution in [0.3, 0.4) is 0 Å². The zero-order valence-electron chi connectivity index (χ0n) is 11.9. The van der Waals surface area contributed by atoms with Crippen LogP contribution in [0.5, 0.6) is 5.75 Å². The molecule has 0 aliphatic rings. The average molecular weight is 249 g/mol. The molecule has 1 N–H and O–H groups in total. The third kappa shape index (κ3) is 3.76. The summed E-state index contributed by atoms with van der Waals surface area (Å²) >= 11 is 0. The number of rotatable bonds is 5. The number of aryl methyl sites for hydroxylation is 1. The molecular formula is C15H23NO2. The van der Waals surface area contributed by atoms with Crippen molar-refractivity contribution in [2.75, 3.05) is 0 Å². The lowest BCUT2D eigenvalue weighted by Gasteiger charge is -2.20. The van der Waals surface area contributed by atoms with Crippen molar-refractivity contribution in [1.82, 2.24) is 5.32 Å². The van der Waals surface area contributed by atoms with Crippen molar-refractivity contribution in [3.63, 3.8) is 0 Å². The summed E-state index contributed by atoms with van der Waals surface area (Å²) in [5, 5.41) is 2.88. The number of nitrogens with one attached hydrogen (secondary N) is 1. The molecule has 1 amide bonds. The maximum Gasteiger partial charge on any atom is 0.261 e. The smallest absolute Gasteiger partial charge is 0.261 e. The minimum atomic E-state index is -0.423. The van der Waals surface area contributed by atoms with Crippen LogP contribution in [0, 0.1) is 13.8 Å². The van der Waals surface area contributed by atoms with Gasteiger partial charge in [-0.2, -0.15) is 0 Å². The third-order valence-corrected chi connectivity index (χ3v) is 2.92. The first-order chi connectivity index (χ1) is 8.45. The fourth-order valence-corrected chi connectivity index (χ4v) is 1.70. The molecule has 18 heavy (non-hydrogen) atoms. The molecule has 0 saturated carbocycles. The molecule has 0 aliphatic carbocycles. The van der Waals surface area contributed by atoms with Gasteiger partial charge in [0.2, 0.25) is 0 Å². The standard InChI is InChI=1S/C15H23NO2/c1-6-13(15(17)16-10(2)3)18-14-9-7-8-11(4)12(14)5/h7-10,13H,6H2,1-5H3,(H,16,17)/t13-/m1/s1. The maximum atomic E-state index is 11.9. The van der Waals surface area contributed by atoms with Gasteiger partial charge >= 0.3 is 0 Å². The topological polar surface area (TPSA) is 38.3 Å². The fourth-order valence-electron chi connectivity index (χ4n) is 1.70. The van der Waals surface area contributed by atoms with Crippen LogP contribution in [0.25, 0.3) is 0 Å². The molecule has 0 bridgehead atoms. The summed E-state index contributed by atoms with van der Waals surface area (Å²) in [7, 11) is 0. The predicted octanol–water partition coefficient (Wildman–Crippen LogP) is 2.99. The predicted molar refractivity (Wildman–Crippen MR) is 73.9 cm³/mol. The normalized spacial score (nSPS) is 12.3. The van der Waals surface area contributed by atoms with Gasteiger partial charge in [0, 0.05) is 6.04 Å². The number of benzene rings is 1. The van der Waals surface area contributed by atoms with Crippen LogP contribution in [-0.2, 0) is 4.79 Å². The number of hydrogen-bond acceptors (Lipinski definition) is 2. The van der Waals surface area contributed by atoms with Gasteiger partial charge in [0.05, 0.1) is 0 Å². The minimum absolute atomic E-state index is 0.0478. The molecule has 100 valence electrons. The molecular weight excluding hydrogens is 226 g/mol. The molecule has 0 unspecified atom stereocenters. The Hall–Kier alpha value is -1.51. The van der Waals surface area contributed by atoms with Gasteiger partial charge in [-0.15, -0.1) is 0 Å². The average Bonchev–Trinajstić information content (AvgIpc) is 2.30. The van der Waals surface area contributed by atoms with E-state index >= 15 is 0 Å². The molecule has 0 radical (unpaired) electrons. The van der Waals surface area contributed by atoms with Gasteiger partial charge in [-0.1, -0.05) is 19.1 Å². The second-order valence-electron chi connectivity index (χ2n) is 4.88. The van der Waals surface area contributed by atoms with E-state index in [0.717, 1.165) is 11.3 Å². The lowest BCUT2D eigenvalue weighted by molar-refractivity contribution is -0.128. The molecule has 0 saturated heterocycles. The van der Waals surface area contributed by atoms with E-state index < -0.39 is 6.10 Å². The first kappa shape index (κ1) is 14.6. The van der Waals surface area contributed by atoms with Crippen LogP contribution < -0.4 is 10.1 Å². The van der Waals surface area contributed by atoms with Gasteiger partial charge in [0.25, 0.3) is 5.91 Å². The van der Waals surface area contributed by atoms with Gasteiger partial charge in [-0.25, -0.2) is 0 Å². The Balaban J connectivity index is 2.80. The first-order valence-corrected chi connectivity index (χ1v) is 6.49. The van der Waals surface area contributed by atoms with Gasteiger partial charge in [0.1, 0.15) is 5.75 Å². The Bertz CT molecular complexity index is 413. The van der Waals surface area contributed by atoms with E-state index in [4.69, 9.17) is 4.74 Å². The van der Waals surface area contributed by atoms with E-state index in [2.05, 4.69) is 5.32 Å². The van der Waals surface area contributed by atoms with E-state index in [1.54, 1.807) is 0 Å². The molecule has 0 spiro atoms. The summed E-state index contributed by atoms with van der Waals surface area (Å²) in [6.07, 6.45) is 0.235. The van der Waals surface area contributed by atoms with Crippen molar-refractivity contribution in [1.29, 1.82) is 0 Å². The SMILES string of the molecule is CC[C@@H](Oc1cccc(C)c1C)C(=O)NC(C)C. The van der Waals surface area contributed by atoms with Gasteiger partial charge < -0.3 is 10.1 Å². The van der Waals surface area contributed by atoms with E-state index in [1.807, 2.05) is 52.8 Å². The Labute approximate surface area is 110 Å². The molecule has 3 heteroatoms. The van der Waals surface area contributed by atoms with Crippen LogP contribution >= 0.6 is 0 Å². The number of amides is 1. The summed E-state index contributed by atoms with van der Waals surface area (Å²) in [5.41, 5.74) is 2.26. The molecule has 1 aromatic carbocycles. The minimum Gasteiger partial charge on any atom is -0.480 e. The summed E-state index contributed by atoms with van der Waals surface area (Å²) in [4.78, 5) is 11.9. The zero-order valence-corrected chi connectivity index (χ0v) is 11.9. The second-order valence-corrected chi connectivity index (χ2v) is 4.88. The van der Waals surface area contributed by atoms with E-state index in [9.17, 15) is 4.79 Å². The van der Waals surface area contributed by atoms with Crippen LogP contribution in [0.4, 0.5) is 0 Å². The van der Waals surface area contributed by atoms with Crippen LogP contribution in [0.15, 0.2) is 18.2 Å². The van der Waals surface area contributed by atoms with Crippen molar-refractivity contribution in [2.24, 2.45) is 0 Å². The maximum absolute atomic E-state index is 11.9. The van der Waals surface area contributed by atoms with Gasteiger partial charge in [-0.3, -0.25) is 4.79 Å². The quantitative estimate of drug-likeness (QED) is 0.871. The largest absolute Gasteiger partial charge is 0.480 e. The van der Waals surface area contributed by atoms with Crippen molar-refractivity contribution in [2.45, 2.75) is 53.2 Å². The molecule has 1 aromatic rings. The summed E-state index contributed by atoms with van der Waals surface area (Å²) < 4.78 is 5.83.